The van der Waals surface area contributed by atoms with Gasteiger partial charge in [0, 0.05) is 31.0 Å². The van der Waals surface area contributed by atoms with Crippen molar-refractivity contribution < 1.29 is 14.0 Å². The van der Waals surface area contributed by atoms with Crippen molar-refractivity contribution >= 4 is 29.0 Å². The van der Waals surface area contributed by atoms with Gasteiger partial charge in [-0.25, -0.2) is 9.18 Å². The molecule has 1 spiro atoms. The molecule has 7 heteroatoms. The maximum absolute atomic E-state index is 13.7. The van der Waals surface area contributed by atoms with E-state index in [2.05, 4.69) is 16.9 Å². The highest BCUT2D eigenvalue weighted by Gasteiger charge is 2.39. The summed E-state index contributed by atoms with van der Waals surface area (Å²) in [6.45, 7) is 1.04. The molecule has 0 radical (unpaired) electrons. The SMILES string of the molecule is O=C(Nc1ccccc1F)N1CCC2(C=C(c3ccc(Cl)cc3)NO2)CC1. The Kier molecular flexibility index (Phi) is 4.76. The van der Waals surface area contributed by atoms with E-state index in [4.69, 9.17) is 16.4 Å². The monoisotopic (exact) mass is 387 g/mol. The van der Waals surface area contributed by atoms with Gasteiger partial charge in [0.25, 0.3) is 0 Å². The lowest BCUT2D eigenvalue weighted by molar-refractivity contribution is -0.0634. The molecule has 27 heavy (non-hydrogen) atoms. The van der Waals surface area contributed by atoms with Crippen LogP contribution >= 0.6 is 11.6 Å². The molecule has 2 amide bonds. The summed E-state index contributed by atoms with van der Waals surface area (Å²) in [4.78, 5) is 19.9. The predicted molar refractivity (Wildman–Crippen MR) is 103 cm³/mol. The highest BCUT2D eigenvalue weighted by Crippen LogP contribution is 2.35. The number of urea groups is 1. The Labute approximate surface area is 161 Å². The summed E-state index contributed by atoms with van der Waals surface area (Å²) in [6.07, 6.45) is 3.38. The van der Waals surface area contributed by atoms with E-state index in [0.29, 0.717) is 31.0 Å². The van der Waals surface area contributed by atoms with Crippen LogP contribution in [-0.4, -0.2) is 29.6 Å². The Morgan fingerprint density at radius 3 is 2.56 bits per heavy atom. The van der Waals surface area contributed by atoms with Crippen LogP contribution in [-0.2, 0) is 4.84 Å². The van der Waals surface area contributed by atoms with E-state index in [9.17, 15) is 9.18 Å². The molecule has 0 saturated carbocycles. The number of benzene rings is 2. The Morgan fingerprint density at radius 2 is 1.85 bits per heavy atom. The van der Waals surface area contributed by atoms with Crippen molar-refractivity contribution in [2.24, 2.45) is 0 Å². The fraction of sp³-hybridized carbons (Fsp3) is 0.250. The second-order valence-corrected chi connectivity index (χ2v) is 7.17. The van der Waals surface area contributed by atoms with E-state index in [0.717, 1.165) is 11.3 Å². The van der Waals surface area contributed by atoms with Crippen LogP contribution in [0.3, 0.4) is 0 Å². The van der Waals surface area contributed by atoms with Crippen molar-refractivity contribution in [3.63, 3.8) is 0 Å². The van der Waals surface area contributed by atoms with Gasteiger partial charge in [0.15, 0.2) is 0 Å². The molecule has 1 fully saturated rings. The molecular formula is C20H19ClFN3O2. The number of halogens is 2. The van der Waals surface area contributed by atoms with Gasteiger partial charge in [-0.1, -0.05) is 35.9 Å². The van der Waals surface area contributed by atoms with Crippen LogP contribution in [0.15, 0.2) is 54.6 Å². The van der Waals surface area contributed by atoms with Gasteiger partial charge in [-0.3, -0.25) is 10.3 Å². The minimum absolute atomic E-state index is 0.187. The summed E-state index contributed by atoms with van der Waals surface area (Å²) in [6, 6.07) is 13.4. The molecule has 2 aliphatic rings. The molecule has 0 aliphatic carbocycles. The first-order valence-electron chi connectivity index (χ1n) is 8.78. The van der Waals surface area contributed by atoms with Crippen LogP contribution in [0.1, 0.15) is 18.4 Å². The van der Waals surface area contributed by atoms with E-state index in [1.165, 1.54) is 6.07 Å². The average molecular weight is 388 g/mol. The molecule has 0 atom stereocenters. The molecule has 2 heterocycles. The van der Waals surface area contributed by atoms with E-state index in [1.807, 2.05) is 24.3 Å². The summed E-state index contributed by atoms with van der Waals surface area (Å²) in [5, 5.41) is 3.31. The van der Waals surface area contributed by atoms with Crippen LogP contribution < -0.4 is 10.8 Å². The lowest BCUT2D eigenvalue weighted by Crippen LogP contribution is -2.48. The van der Waals surface area contributed by atoms with Gasteiger partial charge < -0.3 is 10.2 Å². The Hall–Kier alpha value is -2.57. The van der Waals surface area contributed by atoms with E-state index < -0.39 is 11.4 Å². The number of anilines is 1. The number of carbonyl (C=O) groups is 1. The van der Waals surface area contributed by atoms with Gasteiger partial charge in [-0.05, 0) is 35.9 Å². The van der Waals surface area contributed by atoms with Gasteiger partial charge in [-0.2, -0.15) is 0 Å². The summed E-state index contributed by atoms with van der Waals surface area (Å²) in [7, 11) is 0. The molecule has 2 aromatic rings. The minimum Gasteiger partial charge on any atom is -0.324 e. The number of nitrogens with one attached hydrogen (secondary N) is 2. The highest BCUT2D eigenvalue weighted by molar-refractivity contribution is 6.30. The fourth-order valence-electron chi connectivity index (χ4n) is 3.34. The molecule has 0 bridgehead atoms. The predicted octanol–water partition coefficient (Wildman–Crippen LogP) is 4.42. The quantitative estimate of drug-likeness (QED) is 0.802. The van der Waals surface area contributed by atoms with Crippen LogP contribution in [0.5, 0.6) is 0 Å². The van der Waals surface area contributed by atoms with E-state index in [1.54, 1.807) is 23.1 Å². The molecule has 2 aliphatic heterocycles. The van der Waals surface area contributed by atoms with Crippen LogP contribution in [0.4, 0.5) is 14.9 Å². The number of rotatable bonds is 2. The molecule has 0 unspecified atom stereocenters. The van der Waals surface area contributed by atoms with Crippen molar-refractivity contribution in [1.82, 2.24) is 10.4 Å². The van der Waals surface area contributed by atoms with E-state index >= 15 is 0 Å². The van der Waals surface area contributed by atoms with Crippen LogP contribution in [0, 0.1) is 5.82 Å². The van der Waals surface area contributed by atoms with Crippen molar-refractivity contribution in [2.45, 2.75) is 18.4 Å². The number of hydrogen-bond acceptors (Lipinski definition) is 3. The summed E-state index contributed by atoms with van der Waals surface area (Å²) in [5.74, 6) is -0.446. The third-order valence-corrected chi connectivity index (χ3v) is 5.19. The summed E-state index contributed by atoms with van der Waals surface area (Å²) < 4.78 is 13.7. The number of piperidine rings is 1. The Bertz CT molecular complexity index is 877. The first-order valence-corrected chi connectivity index (χ1v) is 9.16. The maximum atomic E-state index is 13.7. The zero-order chi connectivity index (χ0) is 18.9. The second-order valence-electron chi connectivity index (χ2n) is 6.73. The minimum atomic E-state index is -0.446. The number of hydroxylamine groups is 1. The molecule has 140 valence electrons. The lowest BCUT2D eigenvalue weighted by Gasteiger charge is -2.36. The largest absolute Gasteiger partial charge is 0.324 e. The molecular weight excluding hydrogens is 369 g/mol. The molecule has 1 saturated heterocycles. The first-order chi connectivity index (χ1) is 13.0. The van der Waals surface area contributed by atoms with Crippen LogP contribution in [0.2, 0.25) is 5.02 Å². The molecule has 4 rings (SSSR count). The molecule has 2 N–H and O–H groups in total. The molecule has 0 aromatic heterocycles. The van der Waals surface area contributed by atoms with Crippen LogP contribution in [0.25, 0.3) is 5.70 Å². The van der Waals surface area contributed by atoms with Crippen molar-refractivity contribution in [3.05, 3.63) is 71.0 Å². The number of carbonyl (C=O) groups excluding carboxylic acids is 1. The Morgan fingerprint density at radius 1 is 1.15 bits per heavy atom. The third kappa shape index (κ3) is 3.77. The van der Waals surface area contributed by atoms with Gasteiger partial charge in [-0.15, -0.1) is 0 Å². The van der Waals surface area contributed by atoms with E-state index in [-0.39, 0.29) is 11.7 Å². The van der Waals surface area contributed by atoms with Crippen molar-refractivity contribution in [1.29, 1.82) is 0 Å². The number of nitrogens with zero attached hydrogens (tertiary/aromatic N) is 1. The van der Waals surface area contributed by atoms with Gasteiger partial charge in [0.2, 0.25) is 0 Å². The number of likely N-dealkylation sites (tertiary alicyclic amines) is 1. The number of amides is 2. The highest BCUT2D eigenvalue weighted by atomic mass is 35.5. The number of para-hydroxylation sites is 1. The summed E-state index contributed by atoms with van der Waals surface area (Å²) in [5.41, 5.74) is 4.63. The maximum Gasteiger partial charge on any atom is 0.321 e. The lowest BCUT2D eigenvalue weighted by atomic mass is 9.90. The van der Waals surface area contributed by atoms with Gasteiger partial charge >= 0.3 is 6.03 Å². The normalized spacial score (nSPS) is 18.1. The number of hydrogen-bond donors (Lipinski definition) is 2. The second kappa shape index (κ2) is 7.21. The molecule has 5 nitrogen and oxygen atoms in total. The standard InChI is InChI=1S/C20H19ClFN3O2/c21-15-7-5-14(6-8-15)18-13-20(27-24-18)9-11-25(12-10-20)19(26)23-17-4-2-1-3-16(17)22/h1-8,13,24H,9-12H2,(H,23,26). The first kappa shape index (κ1) is 17.8. The Balaban J connectivity index is 1.39. The molecule has 2 aromatic carbocycles. The zero-order valence-electron chi connectivity index (χ0n) is 14.5. The smallest absolute Gasteiger partial charge is 0.321 e. The fourth-order valence-corrected chi connectivity index (χ4v) is 3.47. The topological polar surface area (TPSA) is 53.6 Å². The van der Waals surface area contributed by atoms with Gasteiger partial charge in [0.05, 0.1) is 11.4 Å². The van der Waals surface area contributed by atoms with Crippen molar-refractivity contribution in [3.8, 4) is 0 Å². The third-order valence-electron chi connectivity index (χ3n) is 4.94. The average Bonchev–Trinajstić information content (AvgIpc) is 3.08. The summed E-state index contributed by atoms with van der Waals surface area (Å²) >= 11 is 5.94. The zero-order valence-corrected chi connectivity index (χ0v) is 15.3. The van der Waals surface area contributed by atoms with Crippen molar-refractivity contribution in [2.75, 3.05) is 18.4 Å². The van der Waals surface area contributed by atoms with Gasteiger partial charge in [0.1, 0.15) is 11.4 Å².